The number of aromatic amines is 1. The fourth-order valence-electron chi connectivity index (χ4n) is 3.32. The fourth-order valence-corrected chi connectivity index (χ4v) is 3.32. The van der Waals surface area contributed by atoms with Gasteiger partial charge < -0.3 is 4.98 Å². The molecule has 4 heteroatoms. The maximum Gasteiger partial charge on any atom is 0.270 e. The molecule has 1 aliphatic carbocycles. The normalized spacial score (nSPS) is 16.6. The quantitative estimate of drug-likeness (QED) is 0.653. The number of fused-ring (bicyclic) bond motifs is 1. The van der Waals surface area contributed by atoms with Crippen LogP contribution in [0.2, 0.25) is 0 Å². The minimum Gasteiger partial charge on any atom is -0.361 e. The molecule has 0 atom stereocenters. The topological polar surface area (TPSA) is 58.9 Å². The van der Waals surface area contributed by atoms with Gasteiger partial charge in [-0.05, 0) is 30.4 Å². The molecule has 0 spiro atoms. The van der Waals surface area contributed by atoms with Crippen molar-refractivity contribution in [3.05, 3.63) is 40.1 Å². The van der Waals surface area contributed by atoms with Gasteiger partial charge in [0.2, 0.25) is 0 Å². The van der Waals surface area contributed by atoms with Gasteiger partial charge in [-0.25, -0.2) is 0 Å². The molecule has 2 aromatic rings. The number of nitrogens with zero attached hydrogens (tertiary/aromatic N) is 1. The molecule has 20 heavy (non-hydrogen) atoms. The summed E-state index contributed by atoms with van der Waals surface area (Å²) in [7, 11) is 0. The predicted octanol–water partition coefficient (Wildman–Crippen LogP) is 4.59. The molecule has 0 aliphatic heterocycles. The number of non-ortho nitro benzene ring substituents is 1. The van der Waals surface area contributed by atoms with Crippen molar-refractivity contribution in [3.8, 4) is 0 Å². The molecule has 3 rings (SSSR count). The maximum absolute atomic E-state index is 10.9. The van der Waals surface area contributed by atoms with Gasteiger partial charge in [-0.1, -0.05) is 32.1 Å². The molecular weight excluding hydrogens is 252 g/mol. The molecule has 1 saturated carbocycles. The summed E-state index contributed by atoms with van der Waals surface area (Å²) in [5.74, 6) is 0.840. The van der Waals surface area contributed by atoms with E-state index in [2.05, 4.69) is 4.98 Å². The van der Waals surface area contributed by atoms with Crippen LogP contribution in [0.25, 0.3) is 10.9 Å². The van der Waals surface area contributed by atoms with Crippen molar-refractivity contribution in [2.45, 2.75) is 44.9 Å². The summed E-state index contributed by atoms with van der Waals surface area (Å²) in [6, 6.07) is 5.06. The Hall–Kier alpha value is -1.84. The Kier molecular flexibility index (Phi) is 3.72. The summed E-state index contributed by atoms with van der Waals surface area (Å²) in [5.41, 5.74) is 2.39. The lowest BCUT2D eigenvalue weighted by molar-refractivity contribution is -0.384. The number of rotatable bonds is 4. The number of aromatic nitrogens is 1. The van der Waals surface area contributed by atoms with Crippen molar-refractivity contribution in [2.75, 3.05) is 0 Å². The first-order valence-electron chi connectivity index (χ1n) is 7.48. The smallest absolute Gasteiger partial charge is 0.270 e. The zero-order chi connectivity index (χ0) is 13.9. The third-order valence-electron chi connectivity index (χ3n) is 4.51. The third-order valence-corrected chi connectivity index (χ3v) is 4.51. The van der Waals surface area contributed by atoms with E-state index in [-0.39, 0.29) is 10.6 Å². The molecule has 1 aromatic heterocycles. The van der Waals surface area contributed by atoms with Gasteiger partial charge in [0.15, 0.2) is 0 Å². The molecule has 0 bridgehead atoms. The van der Waals surface area contributed by atoms with Crippen molar-refractivity contribution in [3.63, 3.8) is 0 Å². The molecule has 106 valence electrons. The van der Waals surface area contributed by atoms with Crippen molar-refractivity contribution in [1.82, 2.24) is 4.98 Å². The van der Waals surface area contributed by atoms with Gasteiger partial charge in [0.25, 0.3) is 5.69 Å². The van der Waals surface area contributed by atoms with E-state index in [0.29, 0.717) is 0 Å². The highest BCUT2D eigenvalue weighted by atomic mass is 16.6. The van der Waals surface area contributed by atoms with Gasteiger partial charge in [-0.2, -0.15) is 0 Å². The number of nitro benzene ring substituents is 1. The minimum absolute atomic E-state index is 0.177. The molecule has 0 saturated heterocycles. The monoisotopic (exact) mass is 272 g/mol. The second-order valence-corrected chi connectivity index (χ2v) is 5.84. The Morgan fingerprint density at radius 1 is 1.25 bits per heavy atom. The van der Waals surface area contributed by atoms with Crippen LogP contribution in [0.1, 0.15) is 44.1 Å². The third kappa shape index (κ3) is 2.69. The largest absolute Gasteiger partial charge is 0.361 e. The fraction of sp³-hybridized carbons (Fsp3) is 0.500. The molecule has 1 aromatic carbocycles. The predicted molar refractivity (Wildman–Crippen MR) is 79.8 cm³/mol. The van der Waals surface area contributed by atoms with E-state index in [4.69, 9.17) is 0 Å². The highest BCUT2D eigenvalue weighted by Gasteiger charge is 2.15. The second kappa shape index (κ2) is 5.65. The highest BCUT2D eigenvalue weighted by molar-refractivity contribution is 5.85. The molecule has 1 N–H and O–H groups in total. The van der Waals surface area contributed by atoms with Crippen molar-refractivity contribution >= 4 is 16.6 Å². The van der Waals surface area contributed by atoms with Gasteiger partial charge >= 0.3 is 0 Å². The Bertz CT molecular complexity index is 612. The van der Waals surface area contributed by atoms with E-state index in [1.165, 1.54) is 44.1 Å². The zero-order valence-corrected chi connectivity index (χ0v) is 11.6. The van der Waals surface area contributed by atoms with Crippen LogP contribution in [0, 0.1) is 16.0 Å². The second-order valence-electron chi connectivity index (χ2n) is 5.84. The van der Waals surface area contributed by atoms with Gasteiger partial charge in [0.1, 0.15) is 0 Å². The summed E-state index contributed by atoms with van der Waals surface area (Å²) in [6.45, 7) is 0. The van der Waals surface area contributed by atoms with Crippen LogP contribution in [0.3, 0.4) is 0 Å². The van der Waals surface area contributed by atoms with Crippen LogP contribution in [-0.4, -0.2) is 9.91 Å². The molecule has 1 aliphatic rings. The first kappa shape index (κ1) is 13.2. The molecule has 4 nitrogen and oxygen atoms in total. The van der Waals surface area contributed by atoms with E-state index in [0.717, 1.165) is 23.2 Å². The molecule has 1 heterocycles. The van der Waals surface area contributed by atoms with E-state index in [1.807, 2.05) is 6.20 Å². The van der Waals surface area contributed by atoms with E-state index >= 15 is 0 Å². The van der Waals surface area contributed by atoms with Crippen LogP contribution < -0.4 is 0 Å². The SMILES string of the molecule is O=[N+]([O-])c1ccc2[nH]cc(CCC3CCCCC3)c2c1. The number of hydrogen-bond donors (Lipinski definition) is 1. The van der Waals surface area contributed by atoms with Crippen LogP contribution in [-0.2, 0) is 6.42 Å². The lowest BCUT2D eigenvalue weighted by Gasteiger charge is -2.21. The summed E-state index contributed by atoms with van der Waals surface area (Å²) < 4.78 is 0. The Labute approximate surface area is 118 Å². The summed E-state index contributed by atoms with van der Waals surface area (Å²) in [4.78, 5) is 13.8. The Balaban J connectivity index is 1.76. The van der Waals surface area contributed by atoms with E-state index < -0.39 is 0 Å². The zero-order valence-electron chi connectivity index (χ0n) is 11.6. The number of benzene rings is 1. The number of nitro groups is 1. The van der Waals surface area contributed by atoms with Gasteiger partial charge in [-0.15, -0.1) is 0 Å². The van der Waals surface area contributed by atoms with E-state index in [9.17, 15) is 10.1 Å². The molecular formula is C16H20N2O2. The molecule has 0 radical (unpaired) electrons. The average molecular weight is 272 g/mol. The van der Waals surface area contributed by atoms with Gasteiger partial charge in [0, 0.05) is 29.2 Å². The minimum atomic E-state index is -0.322. The lowest BCUT2D eigenvalue weighted by Crippen LogP contribution is -2.07. The van der Waals surface area contributed by atoms with Crippen molar-refractivity contribution < 1.29 is 4.92 Å². The standard InChI is InChI=1S/C16H20N2O2/c19-18(20)14-8-9-16-15(10-14)13(11-17-16)7-6-12-4-2-1-3-5-12/h8-12,17H,1-7H2. The van der Waals surface area contributed by atoms with Crippen LogP contribution in [0.4, 0.5) is 5.69 Å². The van der Waals surface area contributed by atoms with Crippen LogP contribution in [0.5, 0.6) is 0 Å². The molecule has 0 amide bonds. The summed E-state index contributed by atoms with van der Waals surface area (Å²) >= 11 is 0. The molecule has 0 unspecified atom stereocenters. The Morgan fingerprint density at radius 2 is 2.05 bits per heavy atom. The summed E-state index contributed by atoms with van der Waals surface area (Å²) in [5, 5.41) is 11.9. The lowest BCUT2D eigenvalue weighted by atomic mass is 9.85. The maximum atomic E-state index is 10.9. The van der Waals surface area contributed by atoms with Crippen LogP contribution in [0.15, 0.2) is 24.4 Å². The average Bonchev–Trinajstić information content (AvgIpc) is 2.88. The van der Waals surface area contributed by atoms with E-state index in [1.54, 1.807) is 18.2 Å². The van der Waals surface area contributed by atoms with Gasteiger partial charge in [0.05, 0.1) is 4.92 Å². The number of hydrogen-bond acceptors (Lipinski definition) is 2. The van der Waals surface area contributed by atoms with Crippen molar-refractivity contribution in [2.24, 2.45) is 5.92 Å². The highest BCUT2D eigenvalue weighted by Crippen LogP contribution is 2.30. The number of nitrogens with one attached hydrogen (secondary N) is 1. The number of H-pyrrole nitrogens is 1. The Morgan fingerprint density at radius 3 is 2.80 bits per heavy atom. The van der Waals surface area contributed by atoms with Gasteiger partial charge in [-0.3, -0.25) is 10.1 Å². The first-order valence-corrected chi connectivity index (χ1v) is 7.48. The number of aryl methyl sites for hydroxylation is 1. The van der Waals surface area contributed by atoms with Crippen molar-refractivity contribution in [1.29, 1.82) is 0 Å². The first-order chi connectivity index (χ1) is 9.74. The summed E-state index contributed by atoms with van der Waals surface area (Å²) in [6.07, 6.45) is 11.0. The van der Waals surface area contributed by atoms with Crippen LogP contribution >= 0.6 is 0 Å². The molecule has 1 fully saturated rings.